The van der Waals surface area contributed by atoms with Gasteiger partial charge in [0.2, 0.25) is 0 Å². The summed E-state index contributed by atoms with van der Waals surface area (Å²) < 4.78 is 13.4. The molecule has 0 amide bonds. The second-order valence-electron chi connectivity index (χ2n) is 4.69. The van der Waals surface area contributed by atoms with Crippen LogP contribution in [0.3, 0.4) is 0 Å². The van der Waals surface area contributed by atoms with Crippen molar-refractivity contribution in [3.8, 4) is 0 Å². The summed E-state index contributed by atoms with van der Waals surface area (Å²) >= 11 is 1.48. The van der Waals surface area contributed by atoms with Crippen LogP contribution in [-0.4, -0.2) is 11.8 Å². The minimum Gasteiger partial charge on any atom is -0.327 e. The molecule has 1 nitrogen and oxygen atoms in total. The lowest BCUT2D eigenvalue weighted by Gasteiger charge is -2.12. The number of halogens is 1. The molecule has 0 aliphatic heterocycles. The van der Waals surface area contributed by atoms with Crippen LogP contribution in [-0.2, 0) is 6.42 Å². The summed E-state index contributed by atoms with van der Waals surface area (Å²) in [5.41, 5.74) is 8.58. The van der Waals surface area contributed by atoms with Gasteiger partial charge in [0.1, 0.15) is 5.82 Å². The van der Waals surface area contributed by atoms with Crippen LogP contribution in [0.15, 0.2) is 53.4 Å². The van der Waals surface area contributed by atoms with E-state index >= 15 is 0 Å². The predicted molar refractivity (Wildman–Crippen MR) is 80.0 cm³/mol. The summed E-state index contributed by atoms with van der Waals surface area (Å²) in [5, 5.41) is 0. The summed E-state index contributed by atoms with van der Waals surface area (Å²) in [4.78, 5) is 0.668. The molecule has 2 N–H and O–H groups in total. The second kappa shape index (κ2) is 6.73. The zero-order chi connectivity index (χ0) is 13.7. The zero-order valence-corrected chi connectivity index (χ0v) is 11.8. The molecule has 0 fully saturated rings. The zero-order valence-electron chi connectivity index (χ0n) is 11.0. The van der Waals surface area contributed by atoms with Crippen molar-refractivity contribution >= 4 is 11.8 Å². The molecule has 2 rings (SSSR count). The standard InChI is InChI=1S/C16H18FNS/c1-12-6-8-13(9-7-12)10-14(18)11-19-16-5-3-2-4-15(16)17/h2-9,14H,10-11,18H2,1H3. The van der Waals surface area contributed by atoms with Crippen LogP contribution in [0.25, 0.3) is 0 Å². The molecule has 1 atom stereocenters. The normalized spacial score (nSPS) is 12.4. The van der Waals surface area contributed by atoms with Gasteiger partial charge in [-0.15, -0.1) is 11.8 Å². The Bertz CT molecular complexity index is 525. The van der Waals surface area contributed by atoms with Gasteiger partial charge in [0.25, 0.3) is 0 Å². The number of benzene rings is 2. The van der Waals surface area contributed by atoms with Crippen LogP contribution in [0.2, 0.25) is 0 Å². The Balaban J connectivity index is 1.86. The molecule has 19 heavy (non-hydrogen) atoms. The molecular formula is C16H18FNS. The van der Waals surface area contributed by atoms with Crippen LogP contribution in [0, 0.1) is 12.7 Å². The maximum Gasteiger partial charge on any atom is 0.136 e. The number of rotatable bonds is 5. The van der Waals surface area contributed by atoms with Gasteiger partial charge in [-0.05, 0) is 31.0 Å². The van der Waals surface area contributed by atoms with Crippen molar-refractivity contribution in [2.75, 3.05) is 5.75 Å². The van der Waals surface area contributed by atoms with E-state index in [9.17, 15) is 4.39 Å². The Kier molecular flexibility index (Phi) is 5.00. The van der Waals surface area contributed by atoms with Crippen molar-refractivity contribution in [2.45, 2.75) is 24.3 Å². The van der Waals surface area contributed by atoms with Gasteiger partial charge in [0.05, 0.1) is 0 Å². The minimum atomic E-state index is -0.171. The first kappa shape index (κ1) is 14.1. The van der Waals surface area contributed by atoms with Crippen molar-refractivity contribution < 1.29 is 4.39 Å². The predicted octanol–water partition coefficient (Wildman–Crippen LogP) is 3.80. The maximum atomic E-state index is 13.4. The van der Waals surface area contributed by atoms with Gasteiger partial charge in [-0.25, -0.2) is 4.39 Å². The first-order chi connectivity index (χ1) is 9.15. The molecule has 0 heterocycles. The quantitative estimate of drug-likeness (QED) is 0.840. The third kappa shape index (κ3) is 4.37. The Labute approximate surface area is 118 Å². The maximum absolute atomic E-state index is 13.4. The fourth-order valence-corrected chi connectivity index (χ4v) is 2.74. The van der Waals surface area contributed by atoms with E-state index in [0.717, 1.165) is 12.2 Å². The van der Waals surface area contributed by atoms with Crippen LogP contribution in [0.4, 0.5) is 4.39 Å². The molecule has 0 radical (unpaired) electrons. The molecule has 0 bridgehead atoms. The molecule has 0 spiro atoms. The van der Waals surface area contributed by atoms with E-state index in [-0.39, 0.29) is 11.9 Å². The second-order valence-corrected chi connectivity index (χ2v) is 5.75. The first-order valence-corrected chi connectivity index (χ1v) is 7.32. The third-order valence-corrected chi connectivity index (χ3v) is 4.14. The topological polar surface area (TPSA) is 26.0 Å². The molecule has 100 valence electrons. The molecule has 0 aliphatic rings. The molecule has 0 saturated heterocycles. The van der Waals surface area contributed by atoms with E-state index in [1.807, 2.05) is 6.07 Å². The molecule has 2 aromatic carbocycles. The highest BCUT2D eigenvalue weighted by Gasteiger charge is 2.07. The van der Waals surface area contributed by atoms with E-state index in [0.29, 0.717) is 4.90 Å². The number of hydrogen-bond donors (Lipinski definition) is 1. The van der Waals surface area contributed by atoms with Crippen molar-refractivity contribution in [1.82, 2.24) is 0 Å². The van der Waals surface area contributed by atoms with E-state index in [1.165, 1.54) is 29.0 Å². The smallest absolute Gasteiger partial charge is 0.136 e. The van der Waals surface area contributed by atoms with Gasteiger partial charge >= 0.3 is 0 Å². The van der Waals surface area contributed by atoms with Crippen LogP contribution in [0.5, 0.6) is 0 Å². The first-order valence-electron chi connectivity index (χ1n) is 6.33. The molecule has 3 heteroatoms. The SMILES string of the molecule is Cc1ccc(CC(N)CSc2ccccc2F)cc1. The average Bonchev–Trinajstić information content (AvgIpc) is 2.40. The Morgan fingerprint density at radius 1 is 1.11 bits per heavy atom. The Morgan fingerprint density at radius 2 is 1.79 bits per heavy atom. The number of nitrogens with two attached hydrogens (primary N) is 1. The van der Waals surface area contributed by atoms with Gasteiger partial charge < -0.3 is 5.73 Å². The fourth-order valence-electron chi connectivity index (χ4n) is 1.84. The average molecular weight is 275 g/mol. The van der Waals surface area contributed by atoms with E-state index in [4.69, 9.17) is 5.73 Å². The van der Waals surface area contributed by atoms with Crippen molar-refractivity contribution in [3.05, 3.63) is 65.5 Å². The Hall–Kier alpha value is -1.32. The highest BCUT2D eigenvalue weighted by atomic mass is 32.2. The number of thioether (sulfide) groups is 1. The monoisotopic (exact) mass is 275 g/mol. The summed E-state index contributed by atoms with van der Waals surface area (Å²) in [6, 6.07) is 15.2. The molecule has 1 unspecified atom stereocenters. The molecule has 0 aromatic heterocycles. The Morgan fingerprint density at radius 3 is 2.47 bits per heavy atom. The van der Waals surface area contributed by atoms with Crippen molar-refractivity contribution in [1.29, 1.82) is 0 Å². The summed E-state index contributed by atoms with van der Waals surface area (Å²) in [7, 11) is 0. The summed E-state index contributed by atoms with van der Waals surface area (Å²) in [6.45, 7) is 2.07. The van der Waals surface area contributed by atoms with Gasteiger partial charge in [-0.2, -0.15) is 0 Å². The number of hydrogen-bond acceptors (Lipinski definition) is 2. The van der Waals surface area contributed by atoms with Crippen LogP contribution >= 0.6 is 11.8 Å². The van der Waals surface area contributed by atoms with Gasteiger partial charge in [0.15, 0.2) is 0 Å². The van der Waals surface area contributed by atoms with Crippen molar-refractivity contribution in [3.63, 3.8) is 0 Å². The van der Waals surface area contributed by atoms with Gasteiger partial charge in [-0.1, -0.05) is 42.0 Å². The largest absolute Gasteiger partial charge is 0.327 e. The van der Waals surface area contributed by atoms with Gasteiger partial charge in [0, 0.05) is 16.7 Å². The van der Waals surface area contributed by atoms with E-state index in [1.54, 1.807) is 12.1 Å². The van der Waals surface area contributed by atoms with Crippen LogP contribution < -0.4 is 5.73 Å². The summed E-state index contributed by atoms with van der Waals surface area (Å²) in [6.07, 6.45) is 0.821. The summed E-state index contributed by atoms with van der Waals surface area (Å²) in [5.74, 6) is 0.546. The molecule has 0 aliphatic carbocycles. The lowest BCUT2D eigenvalue weighted by Crippen LogP contribution is -2.25. The molecule has 0 saturated carbocycles. The van der Waals surface area contributed by atoms with Crippen LogP contribution in [0.1, 0.15) is 11.1 Å². The minimum absolute atomic E-state index is 0.0345. The lowest BCUT2D eigenvalue weighted by atomic mass is 10.1. The highest BCUT2D eigenvalue weighted by Crippen LogP contribution is 2.22. The molecule has 2 aromatic rings. The number of aryl methyl sites for hydroxylation is 1. The van der Waals surface area contributed by atoms with Gasteiger partial charge in [-0.3, -0.25) is 0 Å². The van der Waals surface area contributed by atoms with Crippen molar-refractivity contribution in [2.24, 2.45) is 5.73 Å². The highest BCUT2D eigenvalue weighted by molar-refractivity contribution is 7.99. The van der Waals surface area contributed by atoms with E-state index < -0.39 is 0 Å². The molecular weight excluding hydrogens is 257 g/mol. The fraction of sp³-hybridized carbons (Fsp3) is 0.250. The lowest BCUT2D eigenvalue weighted by molar-refractivity contribution is 0.601. The third-order valence-electron chi connectivity index (χ3n) is 2.91. The van der Waals surface area contributed by atoms with E-state index in [2.05, 4.69) is 31.2 Å².